The number of hydrogen-bond donors (Lipinski definition) is 3. The van der Waals surface area contributed by atoms with E-state index in [0.717, 1.165) is 17.8 Å². The topological polar surface area (TPSA) is 113 Å². The Morgan fingerprint density at radius 2 is 1.92 bits per heavy atom. The summed E-state index contributed by atoms with van der Waals surface area (Å²) in [5.41, 5.74) is -0.695. The molecule has 10 heteroatoms. The molecule has 0 aliphatic rings. The second-order valence-electron chi connectivity index (χ2n) is 4.26. The van der Waals surface area contributed by atoms with Crippen molar-refractivity contribution >= 4 is 47.0 Å². The van der Waals surface area contributed by atoms with Crippen LogP contribution in [0.1, 0.15) is 6.92 Å². The molecule has 1 rings (SSSR count). The van der Waals surface area contributed by atoms with E-state index >= 15 is 0 Å². The number of thioether (sulfide) groups is 1. The lowest BCUT2D eigenvalue weighted by molar-refractivity contribution is -0.141. The average molecular weight is 378 g/mol. The van der Waals surface area contributed by atoms with Crippen LogP contribution < -0.4 is 5.32 Å². The number of halogens is 2. The van der Waals surface area contributed by atoms with Crippen molar-refractivity contribution in [3.63, 3.8) is 0 Å². The molecular weight excluding hydrogens is 365 g/mol. The Morgan fingerprint density at radius 3 is 2.42 bits per heavy atom. The molecule has 7 nitrogen and oxygen atoms in total. The van der Waals surface area contributed by atoms with E-state index in [9.17, 15) is 18.8 Å². The van der Waals surface area contributed by atoms with Crippen molar-refractivity contribution in [1.82, 2.24) is 0 Å². The monoisotopic (exact) mass is 377 g/mol. The van der Waals surface area contributed by atoms with Crippen LogP contribution in [0.4, 0.5) is 10.1 Å². The number of carboxylic acid groups (broad SMARTS) is 2. The van der Waals surface area contributed by atoms with Gasteiger partial charge in [0.05, 0.1) is 10.1 Å². The molecule has 0 unspecified atom stereocenters. The van der Waals surface area contributed by atoms with Gasteiger partial charge in [0.2, 0.25) is 0 Å². The number of benzene rings is 1. The molecule has 0 saturated heterocycles. The van der Waals surface area contributed by atoms with Gasteiger partial charge < -0.3 is 20.3 Å². The van der Waals surface area contributed by atoms with E-state index in [0.29, 0.717) is 0 Å². The molecular formula is C14H13ClFNO6S. The van der Waals surface area contributed by atoms with E-state index in [-0.39, 0.29) is 28.1 Å². The molecule has 0 aliphatic carbocycles. The first-order chi connectivity index (χ1) is 11.2. The number of anilines is 1. The zero-order chi connectivity index (χ0) is 18.3. The summed E-state index contributed by atoms with van der Waals surface area (Å²) in [4.78, 5) is 33.0. The summed E-state index contributed by atoms with van der Waals surface area (Å²) in [6.07, 6.45) is 0. The molecule has 0 bridgehead atoms. The lowest BCUT2D eigenvalue weighted by Crippen LogP contribution is -2.17. The van der Waals surface area contributed by atoms with Crippen LogP contribution in [0.2, 0.25) is 5.02 Å². The van der Waals surface area contributed by atoms with Crippen LogP contribution in [-0.4, -0.2) is 40.5 Å². The van der Waals surface area contributed by atoms with Crippen molar-refractivity contribution in [3.05, 3.63) is 39.6 Å². The zero-order valence-electron chi connectivity index (χ0n) is 12.3. The quantitative estimate of drug-likeness (QED) is 0.208. The Balaban J connectivity index is 3.05. The maximum atomic E-state index is 13.2. The second kappa shape index (κ2) is 9.14. The largest absolute Gasteiger partial charge is 0.477 e. The van der Waals surface area contributed by atoms with Crippen molar-refractivity contribution in [2.24, 2.45) is 0 Å². The molecule has 130 valence electrons. The standard InChI is InChI=1S/C14H13ClFNO6S/c1-7(18)23-4-5-24-12(11(13(19)20)14(21)22)17-8-2-3-10(16)9(15)6-8/h2-3,6,17H,4-5H2,1H3,(H,19,20)(H,21,22). The number of carbonyl (C=O) groups is 3. The Kier molecular flexibility index (Phi) is 7.53. The predicted octanol–water partition coefficient (Wildman–Crippen LogP) is 2.57. The third-order valence-electron chi connectivity index (χ3n) is 2.47. The molecule has 0 saturated carbocycles. The summed E-state index contributed by atoms with van der Waals surface area (Å²) in [6.45, 7) is 1.17. The molecule has 0 heterocycles. The highest BCUT2D eigenvalue weighted by Gasteiger charge is 2.23. The maximum absolute atomic E-state index is 13.2. The Morgan fingerprint density at radius 1 is 1.29 bits per heavy atom. The van der Waals surface area contributed by atoms with Crippen LogP contribution in [0, 0.1) is 5.82 Å². The molecule has 1 aromatic carbocycles. The molecule has 0 amide bonds. The highest BCUT2D eigenvalue weighted by Crippen LogP contribution is 2.26. The van der Waals surface area contributed by atoms with Gasteiger partial charge in [0, 0.05) is 18.4 Å². The zero-order valence-corrected chi connectivity index (χ0v) is 13.9. The van der Waals surface area contributed by atoms with Gasteiger partial charge >= 0.3 is 17.9 Å². The molecule has 0 radical (unpaired) electrons. The fraction of sp³-hybridized carbons (Fsp3) is 0.214. The minimum Gasteiger partial charge on any atom is -0.477 e. The Hall–Kier alpha value is -2.26. The maximum Gasteiger partial charge on any atom is 0.345 e. The number of rotatable bonds is 8. The summed E-state index contributed by atoms with van der Waals surface area (Å²) in [5.74, 6) is -4.39. The van der Waals surface area contributed by atoms with Crippen molar-refractivity contribution in [1.29, 1.82) is 0 Å². The molecule has 24 heavy (non-hydrogen) atoms. The SMILES string of the molecule is CC(=O)OCCSC(Nc1ccc(F)c(Cl)c1)=C(C(=O)O)C(=O)O. The molecule has 3 N–H and O–H groups in total. The smallest absolute Gasteiger partial charge is 0.345 e. The van der Waals surface area contributed by atoms with Crippen LogP contribution in [-0.2, 0) is 19.1 Å². The minimum absolute atomic E-state index is 0.0398. The number of esters is 1. The summed E-state index contributed by atoms with van der Waals surface area (Å²) < 4.78 is 17.9. The van der Waals surface area contributed by atoms with Crippen LogP contribution in [0.25, 0.3) is 0 Å². The summed E-state index contributed by atoms with van der Waals surface area (Å²) in [6, 6.07) is 3.51. The summed E-state index contributed by atoms with van der Waals surface area (Å²) in [7, 11) is 0. The molecule has 0 fully saturated rings. The second-order valence-corrected chi connectivity index (χ2v) is 5.77. The number of nitrogens with one attached hydrogen (secondary N) is 1. The van der Waals surface area contributed by atoms with Gasteiger partial charge in [-0.3, -0.25) is 4.79 Å². The van der Waals surface area contributed by atoms with E-state index < -0.39 is 29.3 Å². The van der Waals surface area contributed by atoms with Gasteiger partial charge in [0.25, 0.3) is 0 Å². The lowest BCUT2D eigenvalue weighted by atomic mass is 10.2. The number of carboxylic acids is 2. The fourth-order valence-electron chi connectivity index (χ4n) is 1.49. The molecule has 0 spiro atoms. The highest BCUT2D eigenvalue weighted by atomic mass is 35.5. The predicted molar refractivity (Wildman–Crippen MR) is 86.4 cm³/mol. The first-order valence-electron chi connectivity index (χ1n) is 6.41. The first-order valence-corrected chi connectivity index (χ1v) is 7.77. The van der Waals surface area contributed by atoms with E-state index in [4.69, 9.17) is 26.6 Å². The normalized spacial score (nSPS) is 9.96. The van der Waals surface area contributed by atoms with Gasteiger partial charge in [-0.1, -0.05) is 11.6 Å². The van der Waals surface area contributed by atoms with E-state index in [2.05, 4.69) is 5.32 Å². The van der Waals surface area contributed by atoms with Crippen molar-refractivity contribution in [2.75, 3.05) is 17.7 Å². The first kappa shape index (κ1) is 19.8. The van der Waals surface area contributed by atoms with Gasteiger partial charge in [-0.2, -0.15) is 0 Å². The van der Waals surface area contributed by atoms with Crippen LogP contribution in [0.15, 0.2) is 28.8 Å². The van der Waals surface area contributed by atoms with Crippen LogP contribution in [0.5, 0.6) is 0 Å². The Labute approximate surface area is 145 Å². The van der Waals surface area contributed by atoms with Gasteiger partial charge in [-0.25, -0.2) is 14.0 Å². The van der Waals surface area contributed by atoms with Gasteiger partial charge in [-0.05, 0) is 18.2 Å². The molecule has 0 atom stereocenters. The van der Waals surface area contributed by atoms with E-state index in [1.807, 2.05) is 0 Å². The van der Waals surface area contributed by atoms with Crippen LogP contribution >= 0.6 is 23.4 Å². The summed E-state index contributed by atoms with van der Waals surface area (Å²) in [5, 5.41) is 20.3. The van der Waals surface area contributed by atoms with Gasteiger partial charge in [0.1, 0.15) is 12.4 Å². The van der Waals surface area contributed by atoms with Crippen molar-refractivity contribution < 1.29 is 33.7 Å². The summed E-state index contributed by atoms with van der Waals surface area (Å²) >= 11 is 6.46. The third kappa shape index (κ3) is 6.09. The van der Waals surface area contributed by atoms with E-state index in [1.165, 1.54) is 19.1 Å². The van der Waals surface area contributed by atoms with Gasteiger partial charge in [-0.15, -0.1) is 11.8 Å². The number of aliphatic carboxylic acids is 2. The molecule has 0 aliphatic heterocycles. The average Bonchev–Trinajstić information content (AvgIpc) is 2.46. The lowest BCUT2D eigenvalue weighted by Gasteiger charge is -2.13. The Bertz CT molecular complexity index is 678. The molecule has 1 aromatic rings. The highest BCUT2D eigenvalue weighted by molar-refractivity contribution is 8.03. The van der Waals surface area contributed by atoms with Crippen molar-refractivity contribution in [3.8, 4) is 0 Å². The van der Waals surface area contributed by atoms with Crippen LogP contribution in [0.3, 0.4) is 0 Å². The number of carbonyl (C=O) groups excluding carboxylic acids is 1. The molecule has 0 aromatic heterocycles. The van der Waals surface area contributed by atoms with Gasteiger partial charge in [0.15, 0.2) is 5.57 Å². The minimum atomic E-state index is -1.65. The number of hydrogen-bond acceptors (Lipinski definition) is 6. The fourth-order valence-corrected chi connectivity index (χ4v) is 2.55. The van der Waals surface area contributed by atoms with Crippen molar-refractivity contribution in [2.45, 2.75) is 6.92 Å². The number of ether oxygens (including phenoxy) is 1. The third-order valence-corrected chi connectivity index (χ3v) is 3.72. The van der Waals surface area contributed by atoms with E-state index in [1.54, 1.807) is 0 Å².